The Hall–Kier alpha value is -3.27. The Balaban J connectivity index is 1.37. The SMILES string of the molecule is CC(C)N(CCC(=O)NN1C(=O)NC2(CCCCC2)C1=O)Cc1nc2ccccc2c(=O)[nH]1. The topological polar surface area (TPSA) is 128 Å². The summed E-state index contributed by atoms with van der Waals surface area (Å²) in [6.07, 6.45) is 4.08. The maximum atomic E-state index is 12.8. The van der Waals surface area contributed by atoms with Gasteiger partial charge in [0.05, 0.1) is 17.4 Å². The molecule has 1 aromatic heterocycles. The molecule has 4 rings (SSSR count). The van der Waals surface area contributed by atoms with E-state index in [0.717, 1.165) is 24.3 Å². The monoisotopic (exact) mass is 454 g/mol. The van der Waals surface area contributed by atoms with E-state index < -0.39 is 17.5 Å². The summed E-state index contributed by atoms with van der Waals surface area (Å²) in [6.45, 7) is 4.70. The van der Waals surface area contributed by atoms with Gasteiger partial charge in [0.25, 0.3) is 11.5 Å². The molecule has 33 heavy (non-hydrogen) atoms. The number of rotatable bonds is 7. The van der Waals surface area contributed by atoms with Gasteiger partial charge in [-0.15, -0.1) is 0 Å². The first-order chi connectivity index (χ1) is 15.8. The fourth-order valence-electron chi connectivity index (χ4n) is 4.56. The third-order valence-electron chi connectivity index (χ3n) is 6.48. The molecule has 1 aliphatic carbocycles. The maximum absolute atomic E-state index is 12.8. The van der Waals surface area contributed by atoms with Crippen LogP contribution < -0.4 is 16.3 Å². The van der Waals surface area contributed by atoms with Gasteiger partial charge in [0.1, 0.15) is 11.4 Å². The summed E-state index contributed by atoms with van der Waals surface area (Å²) in [5.74, 6) is -0.280. The van der Waals surface area contributed by atoms with Crippen LogP contribution >= 0.6 is 0 Å². The number of hydrogen-bond acceptors (Lipinski definition) is 6. The van der Waals surface area contributed by atoms with Crippen molar-refractivity contribution in [2.75, 3.05) is 6.54 Å². The van der Waals surface area contributed by atoms with E-state index in [0.29, 0.717) is 42.7 Å². The Morgan fingerprint density at radius 2 is 1.91 bits per heavy atom. The molecule has 0 radical (unpaired) electrons. The first kappa shape index (κ1) is 22.9. The quantitative estimate of drug-likeness (QED) is 0.548. The van der Waals surface area contributed by atoms with Gasteiger partial charge in [0.2, 0.25) is 5.91 Å². The Kier molecular flexibility index (Phi) is 6.46. The first-order valence-corrected chi connectivity index (χ1v) is 11.5. The second-order valence-electron chi connectivity index (χ2n) is 9.09. The molecular formula is C23H30N6O4. The number of amides is 4. The molecule has 1 saturated carbocycles. The highest BCUT2D eigenvalue weighted by atomic mass is 16.2. The second kappa shape index (κ2) is 9.30. The number of fused-ring (bicyclic) bond motifs is 1. The summed E-state index contributed by atoms with van der Waals surface area (Å²) in [4.78, 5) is 59.5. The van der Waals surface area contributed by atoms with Crippen molar-refractivity contribution in [1.29, 1.82) is 0 Å². The summed E-state index contributed by atoms with van der Waals surface area (Å²) in [6, 6.07) is 6.64. The van der Waals surface area contributed by atoms with E-state index in [1.807, 2.05) is 24.8 Å². The van der Waals surface area contributed by atoms with Crippen molar-refractivity contribution in [3.8, 4) is 0 Å². The number of urea groups is 1. The lowest BCUT2D eigenvalue weighted by atomic mass is 9.82. The number of hydrogen-bond donors (Lipinski definition) is 3. The summed E-state index contributed by atoms with van der Waals surface area (Å²) in [5.41, 5.74) is 2.02. The number of imide groups is 1. The zero-order chi connectivity index (χ0) is 23.6. The van der Waals surface area contributed by atoms with Crippen molar-refractivity contribution in [2.45, 2.75) is 70.5 Å². The number of H-pyrrole nitrogens is 1. The van der Waals surface area contributed by atoms with E-state index in [2.05, 4.69) is 20.7 Å². The van der Waals surface area contributed by atoms with E-state index in [1.165, 1.54) is 0 Å². The lowest BCUT2D eigenvalue weighted by Gasteiger charge is -2.30. The number of benzene rings is 1. The van der Waals surface area contributed by atoms with Gasteiger partial charge in [-0.25, -0.2) is 9.78 Å². The number of aromatic amines is 1. The number of nitrogens with one attached hydrogen (secondary N) is 3. The van der Waals surface area contributed by atoms with Gasteiger partial charge < -0.3 is 10.3 Å². The van der Waals surface area contributed by atoms with Gasteiger partial charge in [-0.2, -0.15) is 5.01 Å². The van der Waals surface area contributed by atoms with Gasteiger partial charge >= 0.3 is 6.03 Å². The van der Waals surface area contributed by atoms with Crippen molar-refractivity contribution < 1.29 is 14.4 Å². The third kappa shape index (κ3) is 4.75. The zero-order valence-electron chi connectivity index (χ0n) is 19.0. The number of aromatic nitrogens is 2. The van der Waals surface area contributed by atoms with Crippen LogP contribution in [0.2, 0.25) is 0 Å². The lowest BCUT2D eigenvalue weighted by molar-refractivity contribution is -0.140. The van der Waals surface area contributed by atoms with E-state index in [4.69, 9.17) is 0 Å². The molecule has 1 saturated heterocycles. The minimum atomic E-state index is -0.875. The molecule has 10 heteroatoms. The molecule has 0 bridgehead atoms. The van der Waals surface area contributed by atoms with Crippen molar-refractivity contribution in [1.82, 2.24) is 30.6 Å². The first-order valence-electron chi connectivity index (χ1n) is 11.5. The van der Waals surface area contributed by atoms with Gasteiger partial charge in [-0.3, -0.25) is 24.7 Å². The predicted molar refractivity (Wildman–Crippen MR) is 122 cm³/mol. The summed E-state index contributed by atoms with van der Waals surface area (Å²) in [7, 11) is 0. The maximum Gasteiger partial charge on any atom is 0.344 e. The molecule has 176 valence electrons. The van der Waals surface area contributed by atoms with E-state index in [-0.39, 0.29) is 23.9 Å². The van der Waals surface area contributed by atoms with Crippen molar-refractivity contribution in [3.63, 3.8) is 0 Å². The smallest absolute Gasteiger partial charge is 0.322 e. The Labute approximate surface area is 191 Å². The van der Waals surface area contributed by atoms with Crippen LogP contribution in [0.3, 0.4) is 0 Å². The van der Waals surface area contributed by atoms with Crippen LogP contribution in [0.25, 0.3) is 10.9 Å². The number of para-hydroxylation sites is 1. The number of carbonyl (C=O) groups excluding carboxylic acids is 3. The average molecular weight is 455 g/mol. The highest BCUT2D eigenvalue weighted by Gasteiger charge is 2.52. The van der Waals surface area contributed by atoms with Crippen LogP contribution in [0.15, 0.2) is 29.1 Å². The van der Waals surface area contributed by atoms with Gasteiger partial charge in [0, 0.05) is 19.0 Å². The Bertz CT molecular complexity index is 1120. The summed E-state index contributed by atoms with van der Waals surface area (Å²) >= 11 is 0. The largest absolute Gasteiger partial charge is 0.344 e. The fourth-order valence-corrected chi connectivity index (χ4v) is 4.56. The average Bonchev–Trinajstić information content (AvgIpc) is 3.00. The highest BCUT2D eigenvalue weighted by molar-refractivity contribution is 6.08. The minimum absolute atomic E-state index is 0.0804. The molecular weight excluding hydrogens is 424 g/mol. The normalized spacial score (nSPS) is 17.9. The fraction of sp³-hybridized carbons (Fsp3) is 0.522. The lowest BCUT2D eigenvalue weighted by Crippen LogP contribution is -2.51. The van der Waals surface area contributed by atoms with Crippen LogP contribution in [-0.2, 0) is 16.1 Å². The van der Waals surface area contributed by atoms with E-state index >= 15 is 0 Å². The van der Waals surface area contributed by atoms with Crippen molar-refractivity contribution in [2.24, 2.45) is 0 Å². The zero-order valence-corrected chi connectivity index (χ0v) is 19.0. The van der Waals surface area contributed by atoms with E-state index in [1.54, 1.807) is 18.2 Å². The molecule has 2 fully saturated rings. The molecule has 4 amide bonds. The van der Waals surface area contributed by atoms with E-state index in [9.17, 15) is 19.2 Å². The third-order valence-corrected chi connectivity index (χ3v) is 6.48. The van der Waals surface area contributed by atoms with Crippen LogP contribution in [0.5, 0.6) is 0 Å². The van der Waals surface area contributed by atoms with Crippen LogP contribution in [-0.4, -0.2) is 55.8 Å². The molecule has 0 unspecified atom stereocenters. The highest BCUT2D eigenvalue weighted by Crippen LogP contribution is 2.33. The molecule has 10 nitrogen and oxygen atoms in total. The van der Waals surface area contributed by atoms with Gasteiger partial charge in [-0.05, 0) is 38.8 Å². The van der Waals surface area contributed by atoms with Crippen molar-refractivity contribution >= 4 is 28.7 Å². The van der Waals surface area contributed by atoms with Crippen LogP contribution in [0, 0.1) is 0 Å². The summed E-state index contributed by atoms with van der Waals surface area (Å²) in [5, 5.41) is 4.14. The summed E-state index contributed by atoms with van der Waals surface area (Å²) < 4.78 is 0. The Morgan fingerprint density at radius 1 is 1.18 bits per heavy atom. The predicted octanol–water partition coefficient (Wildman–Crippen LogP) is 1.81. The molecule has 2 heterocycles. The van der Waals surface area contributed by atoms with Gasteiger partial charge in [-0.1, -0.05) is 31.4 Å². The molecule has 2 aromatic rings. The standard InChI is InChI=1S/C23H30N6O4/c1-15(2)28(14-18-24-17-9-5-4-8-16(17)20(31)25-18)13-10-19(30)27-29-21(32)23(26-22(29)33)11-6-3-7-12-23/h4-5,8-9,15H,3,6-7,10-14H2,1-2H3,(H,26,33)(H,27,30)(H,24,25,31). The molecule has 1 aromatic carbocycles. The number of nitrogens with zero attached hydrogens (tertiary/aromatic N) is 3. The molecule has 2 aliphatic rings. The molecule has 0 atom stereocenters. The van der Waals surface area contributed by atoms with Crippen LogP contribution in [0.4, 0.5) is 4.79 Å². The number of hydrazine groups is 1. The minimum Gasteiger partial charge on any atom is -0.322 e. The van der Waals surface area contributed by atoms with Crippen molar-refractivity contribution in [3.05, 3.63) is 40.4 Å². The van der Waals surface area contributed by atoms with Gasteiger partial charge in [0.15, 0.2) is 0 Å². The second-order valence-corrected chi connectivity index (χ2v) is 9.09. The molecule has 1 spiro atoms. The molecule has 1 aliphatic heterocycles. The molecule has 3 N–H and O–H groups in total. The number of carbonyl (C=O) groups is 3. The van der Waals surface area contributed by atoms with Crippen LogP contribution in [0.1, 0.15) is 58.2 Å². The Morgan fingerprint density at radius 3 is 2.64 bits per heavy atom.